The third kappa shape index (κ3) is 6.70. The Morgan fingerprint density at radius 3 is 2.55 bits per heavy atom. The van der Waals surface area contributed by atoms with Crippen molar-refractivity contribution in [2.24, 2.45) is 11.8 Å². The molecule has 0 radical (unpaired) electrons. The number of hydrogen-bond acceptors (Lipinski definition) is 12. The average molecular weight is 541 g/mol. The van der Waals surface area contributed by atoms with Crippen LogP contribution in [-0.2, 0) is 33.3 Å². The number of fused-ring (bicyclic) bond motifs is 1. The Morgan fingerprint density at radius 2 is 1.92 bits per heavy atom. The molecule has 0 aliphatic carbocycles. The summed E-state index contributed by atoms with van der Waals surface area (Å²) in [7, 11) is 0. The summed E-state index contributed by atoms with van der Waals surface area (Å²) in [5, 5.41) is 49.7. The van der Waals surface area contributed by atoms with Crippen molar-refractivity contribution in [3.05, 3.63) is 48.8 Å². The Hall–Kier alpha value is -2.58. The number of esters is 2. The second-order valence-corrected chi connectivity index (χ2v) is 9.79. The van der Waals surface area contributed by atoms with E-state index in [9.17, 15) is 35.1 Å². The van der Waals surface area contributed by atoms with Crippen molar-refractivity contribution in [2.45, 2.75) is 82.0 Å². The molecule has 212 valence electrons. The fraction of sp³-hybridized carbons (Fsp3) is 0.615. The lowest BCUT2D eigenvalue weighted by Gasteiger charge is -2.44. The van der Waals surface area contributed by atoms with Gasteiger partial charge in [-0.3, -0.25) is 0 Å². The highest BCUT2D eigenvalue weighted by molar-refractivity contribution is 5.91. The molecule has 0 bridgehead atoms. The highest BCUT2D eigenvalue weighted by Crippen LogP contribution is 2.40. The number of cyclic esters (lactones) is 1. The lowest BCUT2D eigenvalue weighted by molar-refractivity contribution is -0.340. The molecule has 38 heavy (non-hydrogen) atoms. The predicted molar refractivity (Wildman–Crippen MR) is 129 cm³/mol. The molecule has 10 atom stereocenters. The maximum Gasteiger partial charge on any atom is 0.340 e. The number of ether oxygens (including phenoxy) is 5. The Balaban J connectivity index is 1.67. The van der Waals surface area contributed by atoms with E-state index in [1.807, 2.05) is 0 Å². The fourth-order valence-electron chi connectivity index (χ4n) is 4.40. The van der Waals surface area contributed by atoms with Crippen LogP contribution in [0.1, 0.15) is 33.1 Å². The highest BCUT2D eigenvalue weighted by atomic mass is 16.8. The quantitative estimate of drug-likeness (QED) is 0.142. The molecule has 0 saturated carbocycles. The van der Waals surface area contributed by atoms with Crippen molar-refractivity contribution in [3.8, 4) is 0 Å². The average Bonchev–Trinajstić information content (AvgIpc) is 2.88. The molecule has 5 unspecified atom stereocenters. The van der Waals surface area contributed by atoms with Gasteiger partial charge in [-0.15, -0.1) is 13.2 Å². The zero-order valence-corrected chi connectivity index (χ0v) is 21.3. The Kier molecular flexibility index (Phi) is 9.87. The number of rotatable bonds is 10. The van der Waals surface area contributed by atoms with Gasteiger partial charge in [-0.2, -0.15) is 0 Å². The minimum Gasteiger partial charge on any atom is -0.471 e. The summed E-state index contributed by atoms with van der Waals surface area (Å²) in [6.07, 6.45) is -3.37. The number of allylic oxidation sites excluding steroid dienone is 1. The standard InChI is InChI=1S/C26H36O12/c1-5-14-15-10-18(36-22(31)13(3)8-7-9-26(4,33)6-2)37-23(32)16(15)12-34-24(14)38-25-21(30)20(29)19(28)17(11-27)35-25/h5-6,8,12,14-15,17-21,24-25,27-30,33H,1-2,7,9-11H2,3-4H3/b13-8+/t14?,15?,17-,18?,19-,20+,21-,24?,25+,26?/m1/s1. The molecule has 0 amide bonds. The highest BCUT2D eigenvalue weighted by Gasteiger charge is 2.49. The summed E-state index contributed by atoms with van der Waals surface area (Å²) in [6.45, 7) is 9.86. The minimum atomic E-state index is -1.65. The van der Waals surface area contributed by atoms with Gasteiger partial charge < -0.3 is 49.2 Å². The van der Waals surface area contributed by atoms with Gasteiger partial charge in [0.25, 0.3) is 0 Å². The van der Waals surface area contributed by atoms with E-state index >= 15 is 0 Å². The van der Waals surface area contributed by atoms with Crippen LogP contribution in [0, 0.1) is 11.8 Å². The van der Waals surface area contributed by atoms with Gasteiger partial charge in [-0.25, -0.2) is 9.59 Å². The summed E-state index contributed by atoms with van der Waals surface area (Å²) >= 11 is 0. The Bertz CT molecular complexity index is 954. The van der Waals surface area contributed by atoms with Crippen molar-refractivity contribution in [3.63, 3.8) is 0 Å². The third-order valence-electron chi connectivity index (χ3n) is 6.92. The monoisotopic (exact) mass is 540 g/mol. The van der Waals surface area contributed by atoms with Gasteiger partial charge in [0.2, 0.25) is 12.6 Å². The molecule has 2 saturated heterocycles. The predicted octanol–water partition coefficient (Wildman–Crippen LogP) is -0.0588. The largest absolute Gasteiger partial charge is 0.471 e. The van der Waals surface area contributed by atoms with Crippen LogP contribution in [0.5, 0.6) is 0 Å². The zero-order valence-electron chi connectivity index (χ0n) is 21.3. The van der Waals surface area contributed by atoms with Crippen LogP contribution in [0.25, 0.3) is 0 Å². The van der Waals surface area contributed by atoms with Gasteiger partial charge in [0.05, 0.1) is 24.0 Å². The molecule has 0 aromatic rings. The Labute approximate surface area is 220 Å². The van der Waals surface area contributed by atoms with Crippen LogP contribution in [0.15, 0.2) is 48.8 Å². The molecule has 2 fully saturated rings. The SMILES string of the molecule is C=CC1C(O[C@@H]2O[C@H](CO)[C@@H](O)[C@H](O)[C@H]2O)OC=C2C(=O)OC(OC(=O)/C(C)=C/CCC(C)(O)C=C)CC21. The lowest BCUT2D eigenvalue weighted by atomic mass is 9.80. The zero-order chi connectivity index (χ0) is 28.2. The summed E-state index contributed by atoms with van der Waals surface area (Å²) in [5.74, 6) is -2.72. The topological polar surface area (TPSA) is 181 Å². The molecule has 3 aliphatic rings. The van der Waals surface area contributed by atoms with Crippen LogP contribution >= 0.6 is 0 Å². The summed E-state index contributed by atoms with van der Waals surface area (Å²) in [5.41, 5.74) is -0.618. The van der Waals surface area contributed by atoms with Crippen molar-refractivity contribution < 1.29 is 58.8 Å². The van der Waals surface area contributed by atoms with Crippen molar-refractivity contribution in [2.75, 3.05) is 6.61 Å². The van der Waals surface area contributed by atoms with E-state index in [0.717, 1.165) is 6.26 Å². The van der Waals surface area contributed by atoms with Crippen LogP contribution < -0.4 is 0 Å². The lowest BCUT2D eigenvalue weighted by Crippen LogP contribution is -2.60. The van der Waals surface area contributed by atoms with Gasteiger partial charge in [-0.1, -0.05) is 18.2 Å². The van der Waals surface area contributed by atoms with Crippen molar-refractivity contribution in [1.82, 2.24) is 0 Å². The number of carbonyl (C=O) groups is 2. The van der Waals surface area contributed by atoms with Crippen LogP contribution in [0.3, 0.4) is 0 Å². The van der Waals surface area contributed by atoms with Crippen molar-refractivity contribution in [1.29, 1.82) is 0 Å². The van der Waals surface area contributed by atoms with E-state index in [0.29, 0.717) is 12.8 Å². The maximum absolute atomic E-state index is 12.6. The van der Waals surface area contributed by atoms with E-state index in [1.165, 1.54) is 12.2 Å². The Morgan fingerprint density at radius 1 is 1.21 bits per heavy atom. The molecule has 0 spiro atoms. The van der Waals surface area contributed by atoms with E-state index in [4.69, 9.17) is 23.7 Å². The normalized spacial score (nSPS) is 37.0. The van der Waals surface area contributed by atoms with Crippen LogP contribution in [0.4, 0.5) is 0 Å². The third-order valence-corrected chi connectivity index (χ3v) is 6.92. The van der Waals surface area contributed by atoms with E-state index in [-0.39, 0.29) is 17.6 Å². The molecule has 12 heteroatoms. The van der Waals surface area contributed by atoms with Crippen LogP contribution in [-0.4, -0.2) is 93.0 Å². The van der Waals surface area contributed by atoms with Gasteiger partial charge >= 0.3 is 11.9 Å². The van der Waals surface area contributed by atoms with Gasteiger partial charge in [-0.05, 0) is 26.7 Å². The summed E-state index contributed by atoms with van der Waals surface area (Å²) in [4.78, 5) is 25.2. The molecule has 3 heterocycles. The van der Waals surface area contributed by atoms with E-state index in [2.05, 4.69) is 13.2 Å². The molecule has 3 rings (SSSR count). The number of hydrogen-bond donors (Lipinski definition) is 5. The first-order chi connectivity index (χ1) is 17.9. The minimum absolute atomic E-state index is 0.0658. The first kappa shape index (κ1) is 30.0. The number of carbonyl (C=O) groups excluding carboxylic acids is 2. The number of aliphatic hydroxyl groups is 5. The van der Waals surface area contributed by atoms with Crippen LogP contribution in [0.2, 0.25) is 0 Å². The first-order valence-electron chi connectivity index (χ1n) is 12.3. The molecular weight excluding hydrogens is 504 g/mol. The van der Waals surface area contributed by atoms with Crippen molar-refractivity contribution >= 4 is 11.9 Å². The van der Waals surface area contributed by atoms with E-state index < -0.39 is 79.3 Å². The van der Waals surface area contributed by atoms with Gasteiger partial charge in [0, 0.05) is 23.8 Å². The molecule has 0 aromatic carbocycles. The summed E-state index contributed by atoms with van der Waals surface area (Å²) in [6, 6.07) is 0. The smallest absolute Gasteiger partial charge is 0.340 e. The molecule has 3 aliphatic heterocycles. The van der Waals surface area contributed by atoms with E-state index in [1.54, 1.807) is 19.9 Å². The fourth-order valence-corrected chi connectivity index (χ4v) is 4.40. The molecule has 5 N–H and O–H groups in total. The number of aliphatic hydroxyl groups excluding tert-OH is 4. The van der Waals surface area contributed by atoms with Gasteiger partial charge in [0.1, 0.15) is 24.4 Å². The maximum atomic E-state index is 12.6. The second kappa shape index (κ2) is 12.5. The second-order valence-electron chi connectivity index (χ2n) is 9.79. The van der Waals surface area contributed by atoms with Gasteiger partial charge in [0.15, 0.2) is 6.29 Å². The first-order valence-corrected chi connectivity index (χ1v) is 12.3. The molecule has 12 nitrogen and oxygen atoms in total. The molecular formula is C26H36O12. The molecule has 0 aromatic heterocycles. The summed E-state index contributed by atoms with van der Waals surface area (Å²) < 4.78 is 27.3.